The third-order valence-electron chi connectivity index (χ3n) is 8.64. The SMILES string of the molecule is COC(=O)CCC(NC(=O)C(CC(=O)OC)NC(=O)CCC(=O)NCCNc1cccc2ccccc12)C(=O)N[C@@H](C(=O)NC(CC(=O)OC)C(=O)C(F)(F)F)C(C)C. The second-order valence-corrected chi connectivity index (χ2v) is 13.3. The van der Waals surface area contributed by atoms with Gasteiger partial charge < -0.3 is 46.1 Å². The van der Waals surface area contributed by atoms with Crippen LogP contribution >= 0.6 is 0 Å². The second kappa shape index (κ2) is 23.8. The van der Waals surface area contributed by atoms with Crippen LogP contribution in [-0.2, 0) is 57.4 Å². The van der Waals surface area contributed by atoms with Gasteiger partial charge >= 0.3 is 24.1 Å². The largest absolute Gasteiger partial charge is 0.469 e. The first kappa shape index (κ1) is 48.9. The highest BCUT2D eigenvalue weighted by atomic mass is 19.4. The molecule has 6 N–H and O–H groups in total. The lowest BCUT2D eigenvalue weighted by molar-refractivity contribution is -0.175. The first-order chi connectivity index (χ1) is 27.8. The van der Waals surface area contributed by atoms with Gasteiger partial charge in [0.25, 0.3) is 5.78 Å². The number of halogens is 3. The Bertz CT molecular complexity index is 1840. The van der Waals surface area contributed by atoms with Crippen LogP contribution in [0.5, 0.6) is 0 Å². The van der Waals surface area contributed by atoms with Crippen molar-refractivity contribution >= 4 is 69.7 Å². The normalized spacial score (nSPS) is 13.1. The number of alkyl halides is 3. The van der Waals surface area contributed by atoms with Crippen molar-refractivity contribution < 1.29 is 70.5 Å². The molecule has 59 heavy (non-hydrogen) atoms. The van der Waals surface area contributed by atoms with Crippen molar-refractivity contribution in [2.24, 2.45) is 5.92 Å². The molecule has 0 aliphatic carbocycles. The van der Waals surface area contributed by atoms with Crippen LogP contribution in [0, 0.1) is 5.92 Å². The molecule has 0 heterocycles. The number of rotatable bonds is 23. The predicted molar refractivity (Wildman–Crippen MR) is 203 cm³/mol. The molecule has 0 spiro atoms. The second-order valence-electron chi connectivity index (χ2n) is 13.3. The number of amides is 5. The number of benzene rings is 2. The fourth-order valence-corrected chi connectivity index (χ4v) is 5.43. The summed E-state index contributed by atoms with van der Waals surface area (Å²) >= 11 is 0. The summed E-state index contributed by atoms with van der Waals surface area (Å²) in [6.45, 7) is 3.36. The minimum absolute atomic E-state index is 0.213. The lowest BCUT2D eigenvalue weighted by Crippen LogP contribution is -2.59. The van der Waals surface area contributed by atoms with Gasteiger partial charge in [-0.1, -0.05) is 50.2 Å². The van der Waals surface area contributed by atoms with E-state index in [0.717, 1.165) is 37.8 Å². The number of ketones is 1. The van der Waals surface area contributed by atoms with E-state index in [1.165, 1.54) is 13.8 Å². The highest BCUT2D eigenvalue weighted by Crippen LogP contribution is 2.23. The lowest BCUT2D eigenvalue weighted by Gasteiger charge is -2.28. The molecule has 3 unspecified atom stereocenters. The number of esters is 3. The predicted octanol–water partition coefficient (Wildman–Crippen LogP) is 0.954. The maximum absolute atomic E-state index is 13.5. The summed E-state index contributed by atoms with van der Waals surface area (Å²) in [4.78, 5) is 114. The highest BCUT2D eigenvalue weighted by Gasteiger charge is 2.45. The molecule has 5 amide bonds. The standard InChI is InChI=1S/C38H49F3N6O12/c1-21(2)33(37(56)46-26(19-31(51)58-4)34(53)38(39,40)41)47-35(54)25(13-16-30(50)57-3)45-36(55)27(20-32(52)59-5)44-29(49)15-14-28(48)43-18-17-42-24-12-8-10-22-9-6-7-11-23(22)24/h6-12,21,25-27,33,42H,13-20H2,1-5H3,(H,43,48)(H,44,49)(H,45,55)(H,46,56)(H,47,54)/t25?,26?,27?,33-/m1/s1. The van der Waals surface area contributed by atoms with Crippen molar-refractivity contribution in [1.82, 2.24) is 26.6 Å². The van der Waals surface area contributed by atoms with Crippen molar-refractivity contribution in [3.8, 4) is 0 Å². The molecule has 18 nitrogen and oxygen atoms in total. The monoisotopic (exact) mass is 838 g/mol. The van der Waals surface area contributed by atoms with Crippen LogP contribution in [0.15, 0.2) is 42.5 Å². The summed E-state index contributed by atoms with van der Waals surface area (Å²) in [5.74, 6) is -11.2. The molecule has 0 aliphatic heterocycles. The Balaban J connectivity index is 2.12. The number of carbonyl (C=O) groups is 9. The first-order valence-corrected chi connectivity index (χ1v) is 18.3. The summed E-state index contributed by atoms with van der Waals surface area (Å²) in [6.07, 6.45) is -9.04. The van der Waals surface area contributed by atoms with Gasteiger partial charge in [0.05, 0.1) is 34.2 Å². The van der Waals surface area contributed by atoms with Crippen LogP contribution in [-0.4, -0.2) is 118 Å². The van der Waals surface area contributed by atoms with Gasteiger partial charge in [0, 0.05) is 43.4 Å². The molecule has 2 aromatic rings. The van der Waals surface area contributed by atoms with Crippen LogP contribution in [0.2, 0.25) is 0 Å². The zero-order chi connectivity index (χ0) is 44.3. The van der Waals surface area contributed by atoms with E-state index in [9.17, 15) is 56.3 Å². The van der Waals surface area contributed by atoms with E-state index in [4.69, 9.17) is 0 Å². The third-order valence-corrected chi connectivity index (χ3v) is 8.64. The van der Waals surface area contributed by atoms with Crippen LogP contribution in [0.4, 0.5) is 18.9 Å². The smallest absolute Gasteiger partial charge is 0.452 e. The topological polar surface area (TPSA) is 253 Å². The molecule has 324 valence electrons. The number of anilines is 1. The fourth-order valence-electron chi connectivity index (χ4n) is 5.43. The van der Waals surface area contributed by atoms with Crippen molar-refractivity contribution in [2.45, 2.75) is 82.7 Å². The van der Waals surface area contributed by atoms with Crippen molar-refractivity contribution in [2.75, 3.05) is 39.7 Å². The van der Waals surface area contributed by atoms with Gasteiger partial charge in [-0.05, 0) is 23.8 Å². The van der Waals surface area contributed by atoms with Crippen LogP contribution in [0.3, 0.4) is 0 Å². The number of fused-ring (bicyclic) bond motifs is 1. The quantitative estimate of drug-likeness (QED) is 0.0519. The van der Waals surface area contributed by atoms with E-state index in [0.29, 0.717) is 6.54 Å². The number of hydrogen-bond acceptors (Lipinski definition) is 13. The van der Waals surface area contributed by atoms with E-state index in [2.05, 4.69) is 40.8 Å². The van der Waals surface area contributed by atoms with Gasteiger partial charge in [-0.3, -0.25) is 43.2 Å². The van der Waals surface area contributed by atoms with Crippen LogP contribution < -0.4 is 31.9 Å². The summed E-state index contributed by atoms with van der Waals surface area (Å²) < 4.78 is 53.4. The van der Waals surface area contributed by atoms with Gasteiger partial charge in [-0.25, -0.2) is 0 Å². The van der Waals surface area contributed by atoms with Gasteiger partial charge in [0.15, 0.2) is 0 Å². The Morgan fingerprint density at radius 1 is 0.610 bits per heavy atom. The van der Waals surface area contributed by atoms with Crippen LogP contribution in [0.25, 0.3) is 10.8 Å². The molecule has 21 heteroatoms. The molecule has 2 aromatic carbocycles. The van der Waals surface area contributed by atoms with Crippen molar-refractivity contribution in [1.29, 1.82) is 0 Å². The van der Waals surface area contributed by atoms with Crippen LogP contribution in [0.1, 0.15) is 52.4 Å². The number of hydrogen-bond donors (Lipinski definition) is 6. The molecule has 0 saturated carbocycles. The Labute approximate surface area is 337 Å². The van der Waals surface area contributed by atoms with E-state index >= 15 is 0 Å². The third kappa shape index (κ3) is 16.6. The Morgan fingerprint density at radius 2 is 1.17 bits per heavy atom. The Kier molecular flexibility index (Phi) is 19.7. The van der Waals surface area contributed by atoms with E-state index in [1.807, 2.05) is 47.8 Å². The number of Topliss-reactive ketones (excluding diaryl/α,β-unsaturated/α-hetero) is 1. The molecule has 0 fully saturated rings. The Hall–Kier alpha value is -6.28. The zero-order valence-electron chi connectivity index (χ0n) is 33.1. The lowest BCUT2D eigenvalue weighted by atomic mass is 10.00. The zero-order valence-corrected chi connectivity index (χ0v) is 33.1. The summed E-state index contributed by atoms with van der Waals surface area (Å²) in [5.41, 5.74) is 0.866. The first-order valence-electron chi connectivity index (χ1n) is 18.3. The minimum atomic E-state index is -5.45. The molecule has 0 aliphatic rings. The van der Waals surface area contributed by atoms with E-state index < -0.39 is 122 Å². The molecule has 0 aromatic heterocycles. The van der Waals surface area contributed by atoms with Gasteiger partial charge in [0.1, 0.15) is 24.2 Å². The number of nitrogens with one attached hydrogen (secondary N) is 6. The number of methoxy groups -OCH3 is 3. The molecule has 4 atom stereocenters. The van der Waals surface area contributed by atoms with Crippen molar-refractivity contribution in [3.05, 3.63) is 42.5 Å². The molecule has 2 rings (SSSR count). The van der Waals surface area contributed by atoms with Gasteiger partial charge in [-0.2, -0.15) is 13.2 Å². The van der Waals surface area contributed by atoms with E-state index in [-0.39, 0.29) is 13.0 Å². The number of ether oxygens (including phenoxy) is 3. The summed E-state index contributed by atoms with van der Waals surface area (Å²) in [7, 11) is 2.92. The average molecular weight is 839 g/mol. The van der Waals surface area contributed by atoms with Gasteiger partial charge in [-0.15, -0.1) is 0 Å². The van der Waals surface area contributed by atoms with E-state index in [1.54, 1.807) is 0 Å². The molecule has 0 bridgehead atoms. The number of carbonyl (C=O) groups excluding carboxylic acids is 9. The summed E-state index contributed by atoms with van der Waals surface area (Å²) in [6, 6.07) is 6.07. The minimum Gasteiger partial charge on any atom is -0.469 e. The maximum Gasteiger partial charge on any atom is 0.452 e. The maximum atomic E-state index is 13.5. The Morgan fingerprint density at radius 3 is 1.78 bits per heavy atom. The molecule has 0 radical (unpaired) electrons. The van der Waals surface area contributed by atoms with Crippen molar-refractivity contribution in [3.63, 3.8) is 0 Å². The molecule has 0 saturated heterocycles. The van der Waals surface area contributed by atoms with Gasteiger partial charge in [0.2, 0.25) is 29.5 Å². The molecular weight excluding hydrogens is 789 g/mol. The summed E-state index contributed by atoms with van der Waals surface area (Å²) in [5, 5.41) is 16.6. The molecular formula is C38H49F3N6O12. The average Bonchev–Trinajstić information content (AvgIpc) is 3.20. The fraction of sp³-hybridized carbons (Fsp3) is 0.500. The highest BCUT2D eigenvalue weighted by molar-refractivity contribution is 5.99.